The lowest BCUT2D eigenvalue weighted by atomic mass is 10.0. The lowest BCUT2D eigenvalue weighted by molar-refractivity contribution is -0.143. The molecule has 0 aromatic carbocycles. The van der Waals surface area contributed by atoms with Crippen LogP contribution < -0.4 is 10.6 Å². The molecule has 2 rings (SSSR count). The minimum Gasteiger partial charge on any atom is -0.467 e. The zero-order valence-electron chi connectivity index (χ0n) is 14.3. The molecule has 9 heteroatoms. The van der Waals surface area contributed by atoms with Gasteiger partial charge in [-0.25, -0.2) is 9.48 Å². The monoisotopic (exact) mass is 359 g/mol. The van der Waals surface area contributed by atoms with E-state index in [1.807, 2.05) is 13.8 Å². The van der Waals surface area contributed by atoms with Gasteiger partial charge in [-0.15, -0.1) is 17.5 Å². The van der Waals surface area contributed by atoms with Crippen molar-refractivity contribution < 1.29 is 14.3 Å². The smallest absolute Gasteiger partial charge is 0.328 e. The first kappa shape index (κ1) is 20.4. The number of aromatic nitrogens is 3. The van der Waals surface area contributed by atoms with Crippen LogP contribution in [0.5, 0.6) is 0 Å². The number of piperidine rings is 1. The fourth-order valence-corrected chi connectivity index (χ4v) is 2.69. The van der Waals surface area contributed by atoms with E-state index in [4.69, 9.17) is 4.74 Å². The molecule has 0 bridgehead atoms. The van der Waals surface area contributed by atoms with Crippen LogP contribution in [0.2, 0.25) is 0 Å². The van der Waals surface area contributed by atoms with E-state index in [1.54, 1.807) is 10.9 Å². The Hall–Kier alpha value is -1.67. The molecule has 2 N–H and O–H groups in total. The SMILES string of the molecule is COC(=O)C(CC(C)C)NC(=O)c1cn(C2CCNCC2)nn1.Cl. The summed E-state index contributed by atoms with van der Waals surface area (Å²) in [6.45, 7) is 5.83. The average molecular weight is 360 g/mol. The summed E-state index contributed by atoms with van der Waals surface area (Å²) in [5.74, 6) is -0.594. The quantitative estimate of drug-likeness (QED) is 0.733. The van der Waals surface area contributed by atoms with Crippen molar-refractivity contribution in [2.45, 2.75) is 45.2 Å². The first-order chi connectivity index (χ1) is 11.0. The van der Waals surface area contributed by atoms with E-state index < -0.39 is 17.9 Å². The second-order valence-electron chi connectivity index (χ2n) is 6.24. The number of ether oxygens (including phenoxy) is 1. The van der Waals surface area contributed by atoms with Gasteiger partial charge in [-0.2, -0.15) is 0 Å². The van der Waals surface area contributed by atoms with Crippen molar-refractivity contribution in [3.05, 3.63) is 11.9 Å². The van der Waals surface area contributed by atoms with Crippen LogP contribution >= 0.6 is 12.4 Å². The lowest BCUT2D eigenvalue weighted by Crippen LogP contribution is -2.42. The van der Waals surface area contributed by atoms with E-state index in [9.17, 15) is 9.59 Å². The van der Waals surface area contributed by atoms with Crippen molar-refractivity contribution in [1.82, 2.24) is 25.6 Å². The Morgan fingerprint density at radius 2 is 2.08 bits per heavy atom. The van der Waals surface area contributed by atoms with Gasteiger partial charge in [0.2, 0.25) is 0 Å². The van der Waals surface area contributed by atoms with Gasteiger partial charge in [0.25, 0.3) is 5.91 Å². The second-order valence-corrected chi connectivity index (χ2v) is 6.24. The van der Waals surface area contributed by atoms with E-state index >= 15 is 0 Å². The third kappa shape index (κ3) is 5.45. The minimum absolute atomic E-state index is 0. The van der Waals surface area contributed by atoms with Crippen LogP contribution in [0.4, 0.5) is 0 Å². The van der Waals surface area contributed by atoms with Crippen LogP contribution in [0.15, 0.2) is 6.20 Å². The van der Waals surface area contributed by atoms with Crippen LogP contribution in [0, 0.1) is 5.92 Å². The molecule has 1 unspecified atom stereocenters. The number of nitrogens with zero attached hydrogens (tertiary/aromatic N) is 3. The molecule has 1 amide bonds. The maximum atomic E-state index is 12.3. The maximum Gasteiger partial charge on any atom is 0.328 e. The highest BCUT2D eigenvalue weighted by Gasteiger charge is 2.25. The van der Waals surface area contributed by atoms with Crippen LogP contribution in [0.3, 0.4) is 0 Å². The predicted octanol–water partition coefficient (Wildman–Crippen LogP) is 0.942. The normalized spacial score (nSPS) is 16.3. The first-order valence-corrected chi connectivity index (χ1v) is 8.02. The fraction of sp³-hybridized carbons (Fsp3) is 0.733. The molecule has 8 nitrogen and oxygen atoms in total. The Bertz CT molecular complexity index is 543. The van der Waals surface area contributed by atoms with E-state index in [-0.39, 0.29) is 30.1 Å². The number of hydrogen-bond acceptors (Lipinski definition) is 6. The van der Waals surface area contributed by atoms with Gasteiger partial charge >= 0.3 is 5.97 Å². The fourth-order valence-electron chi connectivity index (χ4n) is 2.69. The molecule has 24 heavy (non-hydrogen) atoms. The van der Waals surface area contributed by atoms with Crippen molar-refractivity contribution in [2.24, 2.45) is 5.92 Å². The predicted molar refractivity (Wildman–Crippen MR) is 91.1 cm³/mol. The van der Waals surface area contributed by atoms with Crippen molar-refractivity contribution in [3.63, 3.8) is 0 Å². The van der Waals surface area contributed by atoms with Crippen molar-refractivity contribution >= 4 is 24.3 Å². The second kappa shape index (κ2) is 9.58. The third-order valence-corrected chi connectivity index (χ3v) is 3.92. The molecule has 0 aliphatic carbocycles. The van der Waals surface area contributed by atoms with Gasteiger partial charge < -0.3 is 15.4 Å². The average Bonchev–Trinajstić information content (AvgIpc) is 3.04. The summed E-state index contributed by atoms with van der Waals surface area (Å²) in [6, 6.07) is -0.408. The molecular formula is C15H26ClN5O3. The molecule has 1 aliphatic rings. The summed E-state index contributed by atoms with van der Waals surface area (Å²) < 4.78 is 6.49. The largest absolute Gasteiger partial charge is 0.467 e. The van der Waals surface area contributed by atoms with Crippen LogP contribution in [-0.2, 0) is 9.53 Å². The van der Waals surface area contributed by atoms with E-state index in [2.05, 4.69) is 20.9 Å². The van der Waals surface area contributed by atoms with Gasteiger partial charge in [0.15, 0.2) is 5.69 Å². The summed E-state index contributed by atoms with van der Waals surface area (Å²) >= 11 is 0. The number of rotatable bonds is 6. The van der Waals surface area contributed by atoms with Gasteiger partial charge in [0.1, 0.15) is 6.04 Å². The standard InChI is InChI=1S/C15H25N5O3.ClH/c1-10(2)8-12(15(22)23-3)17-14(21)13-9-20(19-18-13)11-4-6-16-7-5-11;/h9-12,16H,4-8H2,1-3H3,(H,17,21);1H. The number of carbonyl (C=O) groups is 2. The Labute approximate surface area is 148 Å². The summed E-state index contributed by atoms with van der Waals surface area (Å²) in [6.07, 6.45) is 4.08. The lowest BCUT2D eigenvalue weighted by Gasteiger charge is -2.22. The zero-order valence-corrected chi connectivity index (χ0v) is 15.1. The van der Waals surface area contributed by atoms with Crippen molar-refractivity contribution in [2.75, 3.05) is 20.2 Å². The van der Waals surface area contributed by atoms with E-state index in [0.29, 0.717) is 6.42 Å². The van der Waals surface area contributed by atoms with Gasteiger partial charge in [-0.3, -0.25) is 4.79 Å². The molecule has 0 radical (unpaired) electrons. The highest BCUT2D eigenvalue weighted by molar-refractivity contribution is 5.94. The van der Waals surface area contributed by atoms with Crippen molar-refractivity contribution in [1.29, 1.82) is 0 Å². The van der Waals surface area contributed by atoms with E-state index in [0.717, 1.165) is 25.9 Å². The summed E-state index contributed by atoms with van der Waals surface area (Å²) in [4.78, 5) is 24.1. The number of halogens is 1. The highest BCUT2D eigenvalue weighted by Crippen LogP contribution is 2.17. The van der Waals surface area contributed by atoms with E-state index in [1.165, 1.54) is 7.11 Å². The molecule has 1 aromatic heterocycles. The molecule has 136 valence electrons. The molecule has 0 spiro atoms. The Kier molecular flexibility index (Phi) is 8.14. The minimum atomic E-state index is -0.670. The molecule has 1 aliphatic heterocycles. The molecule has 1 fully saturated rings. The molecule has 1 saturated heterocycles. The summed E-state index contributed by atoms with van der Waals surface area (Å²) in [5, 5.41) is 14.0. The van der Waals surface area contributed by atoms with Gasteiger partial charge in [0.05, 0.1) is 19.3 Å². The van der Waals surface area contributed by atoms with Crippen LogP contribution in [0.25, 0.3) is 0 Å². The molecule has 2 heterocycles. The summed E-state index contributed by atoms with van der Waals surface area (Å²) in [7, 11) is 1.31. The molecular weight excluding hydrogens is 334 g/mol. The van der Waals surface area contributed by atoms with Gasteiger partial charge in [0, 0.05) is 0 Å². The Morgan fingerprint density at radius 3 is 2.67 bits per heavy atom. The topological polar surface area (TPSA) is 98.1 Å². The molecule has 0 saturated carbocycles. The number of esters is 1. The van der Waals surface area contributed by atoms with Gasteiger partial charge in [-0.1, -0.05) is 19.1 Å². The third-order valence-electron chi connectivity index (χ3n) is 3.92. The zero-order chi connectivity index (χ0) is 16.8. The summed E-state index contributed by atoms with van der Waals surface area (Å²) in [5.41, 5.74) is 0.223. The number of hydrogen-bond donors (Lipinski definition) is 2. The van der Waals surface area contributed by atoms with Crippen LogP contribution in [-0.4, -0.2) is 53.1 Å². The number of nitrogens with one attached hydrogen (secondary N) is 2. The van der Waals surface area contributed by atoms with Crippen LogP contribution in [0.1, 0.15) is 49.6 Å². The number of amides is 1. The first-order valence-electron chi connectivity index (χ1n) is 8.02. The Balaban J connectivity index is 0.00000288. The Morgan fingerprint density at radius 1 is 1.42 bits per heavy atom. The number of methoxy groups -OCH3 is 1. The maximum absolute atomic E-state index is 12.3. The molecule has 1 atom stereocenters. The number of carbonyl (C=O) groups excluding carboxylic acids is 2. The molecule has 1 aromatic rings. The van der Waals surface area contributed by atoms with Crippen molar-refractivity contribution in [3.8, 4) is 0 Å². The van der Waals surface area contributed by atoms with Gasteiger partial charge in [-0.05, 0) is 38.3 Å². The highest BCUT2D eigenvalue weighted by atomic mass is 35.5.